The van der Waals surface area contributed by atoms with Gasteiger partial charge in [0, 0.05) is 39.8 Å². The number of aliphatic hydroxyl groups is 1. The molecule has 0 amide bonds. The van der Waals surface area contributed by atoms with E-state index in [1.807, 2.05) is 13.8 Å². The highest BCUT2D eigenvalue weighted by molar-refractivity contribution is 4.76. The highest BCUT2D eigenvalue weighted by Gasteiger charge is 2.21. The summed E-state index contributed by atoms with van der Waals surface area (Å²) < 4.78 is 0. The number of nitrogens with zero attached hydrogens (tertiary/aromatic N) is 1. The summed E-state index contributed by atoms with van der Waals surface area (Å²) in [4.78, 5) is 2.61. The normalized spacial score (nSPS) is 21.6. The van der Waals surface area contributed by atoms with Crippen LogP contribution in [0.1, 0.15) is 33.1 Å². The summed E-state index contributed by atoms with van der Waals surface area (Å²) in [7, 11) is 1.00. The number of aliphatic hydroxyl groups excluding tert-OH is 1. The second kappa shape index (κ2) is 10.4. The van der Waals surface area contributed by atoms with Crippen LogP contribution in [0.4, 0.5) is 0 Å². The smallest absolute Gasteiger partial charge is 0.0319 e. The molecule has 0 atom stereocenters. The summed E-state index contributed by atoms with van der Waals surface area (Å²) in [6, 6.07) is 0. The van der Waals surface area contributed by atoms with Crippen molar-refractivity contribution in [2.75, 3.05) is 39.8 Å². The predicted molar refractivity (Wildman–Crippen MR) is 66.1 cm³/mol. The van der Waals surface area contributed by atoms with Crippen LogP contribution < -0.4 is 5.32 Å². The Morgan fingerprint density at radius 1 is 1.13 bits per heavy atom. The van der Waals surface area contributed by atoms with Gasteiger partial charge in [-0.3, -0.25) is 0 Å². The molecule has 92 valence electrons. The third-order valence-electron chi connectivity index (χ3n) is 2.95. The molecule has 0 bridgehead atoms. The minimum atomic E-state index is 1.00. The van der Waals surface area contributed by atoms with Crippen molar-refractivity contribution in [1.29, 1.82) is 0 Å². The molecule has 0 aromatic carbocycles. The van der Waals surface area contributed by atoms with Gasteiger partial charge in [0.25, 0.3) is 0 Å². The zero-order valence-corrected chi connectivity index (χ0v) is 10.6. The molecule has 0 unspecified atom stereocenters. The van der Waals surface area contributed by atoms with Crippen LogP contribution in [0, 0.1) is 5.92 Å². The van der Waals surface area contributed by atoms with E-state index in [0.717, 1.165) is 13.0 Å². The Labute approximate surface area is 94.9 Å². The summed E-state index contributed by atoms with van der Waals surface area (Å²) in [5.74, 6) is 1.05. The SMILES string of the molecule is C1CC(CN2CCNCC2)C1.CC.CO. The van der Waals surface area contributed by atoms with Gasteiger partial charge in [-0.1, -0.05) is 20.3 Å². The molecule has 0 aromatic heterocycles. The summed E-state index contributed by atoms with van der Waals surface area (Å²) in [5, 5.41) is 10.4. The molecule has 2 aliphatic rings. The van der Waals surface area contributed by atoms with Crippen LogP contribution in [0.15, 0.2) is 0 Å². The Kier molecular flexibility index (Phi) is 10.3. The van der Waals surface area contributed by atoms with Crippen molar-refractivity contribution < 1.29 is 5.11 Å². The molecule has 0 spiro atoms. The lowest BCUT2D eigenvalue weighted by Gasteiger charge is -2.34. The Bertz CT molecular complexity index is 121. The molecule has 1 aliphatic carbocycles. The first-order chi connectivity index (χ1) is 7.45. The first-order valence-electron chi connectivity index (χ1n) is 6.33. The van der Waals surface area contributed by atoms with Crippen LogP contribution in [0.2, 0.25) is 0 Å². The van der Waals surface area contributed by atoms with Gasteiger partial charge < -0.3 is 15.3 Å². The monoisotopic (exact) mass is 216 g/mol. The summed E-state index contributed by atoms with van der Waals surface area (Å²) in [6.07, 6.45) is 4.46. The molecule has 2 rings (SSSR count). The fourth-order valence-electron chi connectivity index (χ4n) is 1.93. The molecule has 2 fully saturated rings. The zero-order valence-electron chi connectivity index (χ0n) is 10.6. The minimum Gasteiger partial charge on any atom is -0.400 e. The molecule has 3 nitrogen and oxygen atoms in total. The quantitative estimate of drug-likeness (QED) is 0.731. The lowest BCUT2D eigenvalue weighted by molar-refractivity contribution is 0.162. The highest BCUT2D eigenvalue weighted by atomic mass is 16.2. The van der Waals surface area contributed by atoms with E-state index in [2.05, 4.69) is 10.2 Å². The van der Waals surface area contributed by atoms with Gasteiger partial charge >= 0.3 is 0 Å². The summed E-state index contributed by atoms with van der Waals surface area (Å²) in [6.45, 7) is 10.3. The molecular formula is C12H28N2O. The second-order valence-corrected chi connectivity index (χ2v) is 3.85. The summed E-state index contributed by atoms with van der Waals surface area (Å²) in [5.41, 5.74) is 0. The maximum absolute atomic E-state index is 7.00. The van der Waals surface area contributed by atoms with Crippen molar-refractivity contribution in [1.82, 2.24) is 10.2 Å². The van der Waals surface area contributed by atoms with Crippen LogP contribution in [0.25, 0.3) is 0 Å². The van der Waals surface area contributed by atoms with Gasteiger partial charge in [-0.25, -0.2) is 0 Å². The van der Waals surface area contributed by atoms with Crippen LogP contribution in [0.3, 0.4) is 0 Å². The van der Waals surface area contributed by atoms with Crippen molar-refractivity contribution in [3.8, 4) is 0 Å². The largest absolute Gasteiger partial charge is 0.400 e. The lowest BCUT2D eigenvalue weighted by atomic mass is 9.85. The molecule has 2 N–H and O–H groups in total. The van der Waals surface area contributed by atoms with E-state index in [1.165, 1.54) is 52.0 Å². The fourth-order valence-corrected chi connectivity index (χ4v) is 1.93. The Morgan fingerprint density at radius 3 is 2.07 bits per heavy atom. The highest BCUT2D eigenvalue weighted by Crippen LogP contribution is 2.26. The van der Waals surface area contributed by atoms with Crippen molar-refractivity contribution in [3.05, 3.63) is 0 Å². The Morgan fingerprint density at radius 2 is 1.67 bits per heavy atom. The maximum atomic E-state index is 7.00. The number of hydrogen-bond donors (Lipinski definition) is 2. The second-order valence-electron chi connectivity index (χ2n) is 3.85. The van der Waals surface area contributed by atoms with E-state index in [-0.39, 0.29) is 0 Å². The van der Waals surface area contributed by atoms with Gasteiger partial charge in [-0.05, 0) is 18.8 Å². The topological polar surface area (TPSA) is 35.5 Å². The standard InChI is InChI=1S/C9H18N2.C2H6.CH4O/c1-2-9(3-1)8-11-6-4-10-5-7-11;2*1-2/h9-10H,1-8H2;1-2H3;2H,1H3. The van der Waals surface area contributed by atoms with E-state index >= 15 is 0 Å². The molecule has 3 heteroatoms. The average molecular weight is 216 g/mol. The van der Waals surface area contributed by atoms with Crippen LogP contribution >= 0.6 is 0 Å². The van der Waals surface area contributed by atoms with Gasteiger partial charge in [0.15, 0.2) is 0 Å². The average Bonchev–Trinajstić information content (AvgIpc) is 2.31. The van der Waals surface area contributed by atoms with Crippen LogP contribution in [-0.4, -0.2) is 49.8 Å². The first kappa shape index (κ1) is 14.9. The van der Waals surface area contributed by atoms with Crippen LogP contribution in [0.5, 0.6) is 0 Å². The number of nitrogens with one attached hydrogen (secondary N) is 1. The van der Waals surface area contributed by atoms with Gasteiger partial charge in [0.05, 0.1) is 0 Å². The maximum Gasteiger partial charge on any atom is 0.0319 e. The molecule has 1 saturated carbocycles. The molecule has 1 saturated heterocycles. The van der Waals surface area contributed by atoms with Crippen molar-refractivity contribution in [3.63, 3.8) is 0 Å². The number of rotatable bonds is 2. The van der Waals surface area contributed by atoms with Gasteiger partial charge in [0.2, 0.25) is 0 Å². The molecule has 1 heterocycles. The van der Waals surface area contributed by atoms with E-state index in [4.69, 9.17) is 5.11 Å². The molecular weight excluding hydrogens is 188 g/mol. The first-order valence-corrected chi connectivity index (χ1v) is 6.33. The van der Waals surface area contributed by atoms with Gasteiger partial charge in [0.1, 0.15) is 0 Å². The van der Waals surface area contributed by atoms with Crippen molar-refractivity contribution in [2.24, 2.45) is 5.92 Å². The number of piperazine rings is 1. The minimum absolute atomic E-state index is 1.00. The lowest BCUT2D eigenvalue weighted by Crippen LogP contribution is -2.46. The predicted octanol–water partition coefficient (Wildman–Crippen LogP) is 1.33. The number of hydrogen-bond acceptors (Lipinski definition) is 3. The third kappa shape index (κ3) is 6.13. The van der Waals surface area contributed by atoms with Crippen molar-refractivity contribution in [2.45, 2.75) is 33.1 Å². The molecule has 1 aliphatic heterocycles. The Hall–Kier alpha value is -0.120. The zero-order chi connectivity index (χ0) is 11.5. The van der Waals surface area contributed by atoms with E-state index in [0.29, 0.717) is 0 Å². The van der Waals surface area contributed by atoms with E-state index in [9.17, 15) is 0 Å². The van der Waals surface area contributed by atoms with E-state index < -0.39 is 0 Å². The fraction of sp³-hybridized carbons (Fsp3) is 1.00. The van der Waals surface area contributed by atoms with E-state index in [1.54, 1.807) is 0 Å². The van der Waals surface area contributed by atoms with Gasteiger partial charge in [-0.15, -0.1) is 0 Å². The van der Waals surface area contributed by atoms with Crippen molar-refractivity contribution >= 4 is 0 Å². The molecule has 0 aromatic rings. The Balaban J connectivity index is 0.000000442. The summed E-state index contributed by atoms with van der Waals surface area (Å²) >= 11 is 0. The van der Waals surface area contributed by atoms with Crippen LogP contribution in [-0.2, 0) is 0 Å². The molecule has 15 heavy (non-hydrogen) atoms. The third-order valence-corrected chi connectivity index (χ3v) is 2.95. The molecule has 0 radical (unpaired) electrons. The van der Waals surface area contributed by atoms with Gasteiger partial charge in [-0.2, -0.15) is 0 Å².